The van der Waals surface area contributed by atoms with Crippen LogP contribution in [0.25, 0.3) is 11.4 Å². The van der Waals surface area contributed by atoms with Gasteiger partial charge in [0.1, 0.15) is 5.75 Å². The first kappa shape index (κ1) is 14.0. The SMILES string of the molecule is COc1cc(N)ccc1-c1nnnn1C1CCS(=O)CC1. The van der Waals surface area contributed by atoms with Gasteiger partial charge >= 0.3 is 0 Å². The lowest BCUT2D eigenvalue weighted by Crippen LogP contribution is -2.23. The Morgan fingerprint density at radius 2 is 2.14 bits per heavy atom. The summed E-state index contributed by atoms with van der Waals surface area (Å²) >= 11 is 0. The van der Waals surface area contributed by atoms with Crippen molar-refractivity contribution in [2.45, 2.75) is 18.9 Å². The van der Waals surface area contributed by atoms with E-state index >= 15 is 0 Å². The summed E-state index contributed by atoms with van der Waals surface area (Å²) in [6, 6.07) is 5.59. The van der Waals surface area contributed by atoms with Gasteiger partial charge in [-0.2, -0.15) is 0 Å². The number of aromatic nitrogens is 4. The van der Waals surface area contributed by atoms with Crippen LogP contribution in [-0.4, -0.2) is 43.0 Å². The standard InChI is InChI=1S/C13H17N5O2S/c1-20-12-8-9(14)2-3-11(12)13-15-16-17-18(13)10-4-6-21(19)7-5-10/h2-3,8,10H,4-7,14H2,1H3. The van der Waals surface area contributed by atoms with Crippen molar-refractivity contribution in [2.24, 2.45) is 0 Å². The third kappa shape index (κ3) is 2.76. The Kier molecular flexibility index (Phi) is 3.87. The van der Waals surface area contributed by atoms with E-state index in [0.29, 0.717) is 28.8 Å². The summed E-state index contributed by atoms with van der Waals surface area (Å²) in [7, 11) is 0.888. The van der Waals surface area contributed by atoms with E-state index in [1.54, 1.807) is 19.2 Å². The number of nitrogens with zero attached hydrogens (tertiary/aromatic N) is 4. The van der Waals surface area contributed by atoms with Gasteiger partial charge < -0.3 is 10.5 Å². The molecule has 2 aromatic rings. The van der Waals surface area contributed by atoms with Crippen molar-refractivity contribution in [3.63, 3.8) is 0 Å². The van der Waals surface area contributed by atoms with Crippen LogP contribution in [0, 0.1) is 0 Å². The van der Waals surface area contributed by atoms with Crippen LogP contribution >= 0.6 is 0 Å². The summed E-state index contributed by atoms with van der Waals surface area (Å²) in [5.74, 6) is 2.70. The lowest BCUT2D eigenvalue weighted by atomic mass is 10.1. The van der Waals surface area contributed by atoms with Crippen LogP contribution in [0.5, 0.6) is 5.75 Å². The molecule has 1 saturated heterocycles. The van der Waals surface area contributed by atoms with Crippen LogP contribution in [0.3, 0.4) is 0 Å². The molecule has 0 aliphatic carbocycles. The van der Waals surface area contributed by atoms with E-state index in [4.69, 9.17) is 10.5 Å². The zero-order valence-electron chi connectivity index (χ0n) is 11.7. The van der Waals surface area contributed by atoms with Crippen molar-refractivity contribution in [3.8, 4) is 17.1 Å². The first-order valence-corrected chi connectivity index (χ1v) is 8.24. The molecule has 112 valence electrons. The number of nitrogens with two attached hydrogens (primary N) is 1. The minimum Gasteiger partial charge on any atom is -0.496 e. The summed E-state index contributed by atoms with van der Waals surface area (Å²) < 4.78 is 18.7. The summed E-state index contributed by atoms with van der Waals surface area (Å²) in [6.07, 6.45) is 1.64. The van der Waals surface area contributed by atoms with E-state index in [1.165, 1.54) is 0 Å². The predicted molar refractivity (Wildman–Crippen MR) is 80.4 cm³/mol. The molecule has 0 atom stereocenters. The van der Waals surface area contributed by atoms with E-state index in [-0.39, 0.29) is 6.04 Å². The van der Waals surface area contributed by atoms with Gasteiger partial charge in [0.25, 0.3) is 0 Å². The highest BCUT2D eigenvalue weighted by atomic mass is 32.2. The number of nitrogen functional groups attached to an aromatic ring is 1. The molecule has 0 spiro atoms. The van der Waals surface area contributed by atoms with E-state index in [9.17, 15) is 4.21 Å². The lowest BCUT2D eigenvalue weighted by Gasteiger charge is -2.22. The number of benzene rings is 1. The minimum atomic E-state index is -0.706. The number of hydrogen-bond donors (Lipinski definition) is 1. The average Bonchev–Trinajstić information content (AvgIpc) is 2.97. The Bertz CT molecular complexity index is 662. The Labute approximate surface area is 124 Å². The first-order valence-electron chi connectivity index (χ1n) is 6.76. The molecule has 0 unspecified atom stereocenters. The van der Waals surface area contributed by atoms with Gasteiger partial charge in [0, 0.05) is 34.1 Å². The molecular weight excluding hydrogens is 290 g/mol. The van der Waals surface area contributed by atoms with Crippen LogP contribution in [0.15, 0.2) is 18.2 Å². The molecule has 1 fully saturated rings. The number of rotatable bonds is 3. The second-order valence-electron chi connectivity index (χ2n) is 4.99. The Morgan fingerprint density at radius 1 is 1.38 bits per heavy atom. The number of tetrazole rings is 1. The highest BCUT2D eigenvalue weighted by Crippen LogP contribution is 2.33. The molecule has 0 saturated carbocycles. The summed E-state index contributed by atoms with van der Waals surface area (Å²) in [5.41, 5.74) is 7.22. The maximum absolute atomic E-state index is 11.5. The molecule has 1 aliphatic heterocycles. The molecule has 1 aromatic heterocycles. The molecule has 2 N–H and O–H groups in total. The predicted octanol–water partition coefficient (Wildman–Crippen LogP) is 1.01. The van der Waals surface area contributed by atoms with Crippen molar-refractivity contribution >= 4 is 16.5 Å². The van der Waals surface area contributed by atoms with Gasteiger partial charge in [-0.1, -0.05) is 0 Å². The monoisotopic (exact) mass is 307 g/mol. The van der Waals surface area contributed by atoms with Crippen LogP contribution in [0.2, 0.25) is 0 Å². The summed E-state index contributed by atoms with van der Waals surface area (Å²) in [4.78, 5) is 0. The Morgan fingerprint density at radius 3 is 2.86 bits per heavy atom. The molecule has 7 nitrogen and oxygen atoms in total. The summed E-state index contributed by atoms with van der Waals surface area (Å²) in [5, 5.41) is 12.0. The summed E-state index contributed by atoms with van der Waals surface area (Å²) in [6.45, 7) is 0. The topological polar surface area (TPSA) is 95.9 Å². The number of methoxy groups -OCH3 is 1. The molecule has 2 heterocycles. The molecule has 1 aliphatic rings. The van der Waals surface area contributed by atoms with Crippen LogP contribution in [0.1, 0.15) is 18.9 Å². The zero-order valence-corrected chi connectivity index (χ0v) is 12.5. The lowest BCUT2D eigenvalue weighted by molar-refractivity contribution is 0.406. The highest BCUT2D eigenvalue weighted by Gasteiger charge is 2.24. The maximum atomic E-state index is 11.5. The van der Waals surface area contributed by atoms with Gasteiger partial charge in [-0.3, -0.25) is 4.21 Å². The third-order valence-corrected chi connectivity index (χ3v) is 5.04. The fourth-order valence-corrected chi connectivity index (χ4v) is 3.81. The fraction of sp³-hybridized carbons (Fsp3) is 0.462. The van der Waals surface area contributed by atoms with E-state index in [2.05, 4.69) is 15.5 Å². The molecule has 0 bridgehead atoms. The second-order valence-corrected chi connectivity index (χ2v) is 6.68. The van der Waals surface area contributed by atoms with Gasteiger partial charge in [-0.05, 0) is 35.4 Å². The van der Waals surface area contributed by atoms with Gasteiger partial charge in [0.05, 0.1) is 18.7 Å². The van der Waals surface area contributed by atoms with E-state index in [1.807, 2.05) is 10.7 Å². The van der Waals surface area contributed by atoms with Crippen LogP contribution in [0.4, 0.5) is 5.69 Å². The number of anilines is 1. The second kappa shape index (κ2) is 5.80. The average molecular weight is 307 g/mol. The van der Waals surface area contributed by atoms with Crippen molar-refractivity contribution in [1.29, 1.82) is 0 Å². The molecular formula is C13H17N5O2S. The number of hydrogen-bond acceptors (Lipinski definition) is 6. The van der Waals surface area contributed by atoms with Gasteiger partial charge in [0.15, 0.2) is 5.82 Å². The number of ether oxygens (including phenoxy) is 1. The van der Waals surface area contributed by atoms with Gasteiger partial charge in [-0.25, -0.2) is 4.68 Å². The molecule has 1 aromatic carbocycles. The van der Waals surface area contributed by atoms with Crippen LogP contribution < -0.4 is 10.5 Å². The van der Waals surface area contributed by atoms with Crippen molar-refractivity contribution < 1.29 is 8.95 Å². The molecule has 0 amide bonds. The smallest absolute Gasteiger partial charge is 0.186 e. The van der Waals surface area contributed by atoms with E-state index < -0.39 is 10.8 Å². The third-order valence-electron chi connectivity index (χ3n) is 3.66. The van der Waals surface area contributed by atoms with Crippen LogP contribution in [-0.2, 0) is 10.8 Å². The molecule has 3 rings (SSSR count). The quantitative estimate of drug-likeness (QED) is 0.850. The first-order chi connectivity index (χ1) is 10.2. The highest BCUT2D eigenvalue weighted by molar-refractivity contribution is 7.85. The van der Waals surface area contributed by atoms with Crippen molar-refractivity contribution in [1.82, 2.24) is 20.2 Å². The zero-order chi connectivity index (χ0) is 14.8. The Hall–Kier alpha value is -1.96. The minimum absolute atomic E-state index is 0.176. The Balaban J connectivity index is 1.97. The normalized spacial score (nSPS) is 22.1. The largest absolute Gasteiger partial charge is 0.496 e. The molecule has 21 heavy (non-hydrogen) atoms. The maximum Gasteiger partial charge on any atom is 0.186 e. The van der Waals surface area contributed by atoms with E-state index in [0.717, 1.165) is 18.4 Å². The molecule has 0 radical (unpaired) electrons. The van der Waals surface area contributed by atoms with Gasteiger partial charge in [-0.15, -0.1) is 5.10 Å². The molecule has 8 heteroatoms. The fourth-order valence-electron chi connectivity index (χ4n) is 2.54. The van der Waals surface area contributed by atoms with Gasteiger partial charge in [0.2, 0.25) is 0 Å². The van der Waals surface area contributed by atoms with Crippen molar-refractivity contribution in [3.05, 3.63) is 18.2 Å². The van der Waals surface area contributed by atoms with Crippen molar-refractivity contribution in [2.75, 3.05) is 24.3 Å².